The van der Waals surface area contributed by atoms with Gasteiger partial charge in [-0.1, -0.05) is 0 Å². The molecule has 28 heavy (non-hydrogen) atoms. The summed E-state index contributed by atoms with van der Waals surface area (Å²) in [5.41, 5.74) is 0.562. The number of hydrogen-bond acceptors (Lipinski definition) is 5. The van der Waals surface area contributed by atoms with Gasteiger partial charge in [-0.15, -0.1) is 12.4 Å². The smallest absolute Gasteiger partial charge is 0.449 e. The van der Waals surface area contributed by atoms with Crippen molar-refractivity contribution in [3.05, 3.63) is 34.4 Å². The molecule has 3 fully saturated rings. The molecule has 7 nitrogen and oxygen atoms in total. The molecule has 2 unspecified atom stereocenters. The van der Waals surface area contributed by atoms with Crippen LogP contribution in [0, 0.1) is 5.82 Å². The number of anilines is 1. The Bertz CT molecular complexity index is 1010. The van der Waals surface area contributed by atoms with Gasteiger partial charge in [-0.05, 0) is 31.4 Å². The standard InChI is InChI=1S/C19H20FN3O4.ClH/c20-14-7-13-15(8-16(14)22-6-5-21-4-3-12(22)9-21)23(11-1-2-11)10-17(18(13)24)27-19(25)26;/h7-8,10-12H,1-6,9H2,(H,25,26);1H. The van der Waals surface area contributed by atoms with Crippen LogP contribution >= 0.6 is 12.4 Å². The molecule has 2 aromatic rings. The highest BCUT2D eigenvalue weighted by Crippen LogP contribution is 2.39. The fraction of sp³-hybridized carbons (Fsp3) is 0.474. The van der Waals surface area contributed by atoms with E-state index in [0.717, 1.165) is 45.4 Å². The second kappa shape index (κ2) is 6.93. The van der Waals surface area contributed by atoms with Crippen molar-refractivity contribution in [3.8, 4) is 5.75 Å². The molecule has 1 aromatic heterocycles. The number of nitrogens with zero attached hydrogens (tertiary/aromatic N) is 3. The summed E-state index contributed by atoms with van der Waals surface area (Å²) in [4.78, 5) is 28.0. The Morgan fingerprint density at radius 2 is 1.93 bits per heavy atom. The van der Waals surface area contributed by atoms with E-state index in [1.54, 1.807) is 6.07 Å². The number of carbonyl (C=O) groups is 1. The lowest BCUT2D eigenvalue weighted by molar-refractivity contribution is 0.143. The van der Waals surface area contributed by atoms with Gasteiger partial charge in [0.2, 0.25) is 5.43 Å². The van der Waals surface area contributed by atoms with Crippen LogP contribution in [0.2, 0.25) is 0 Å². The number of pyridine rings is 1. The van der Waals surface area contributed by atoms with Crippen LogP contribution in [0.15, 0.2) is 23.1 Å². The lowest BCUT2D eigenvalue weighted by atomic mass is 10.1. The summed E-state index contributed by atoms with van der Waals surface area (Å²) in [6, 6.07) is 3.47. The second-order valence-electron chi connectivity index (χ2n) is 7.59. The minimum Gasteiger partial charge on any atom is -0.449 e. The van der Waals surface area contributed by atoms with Crippen LogP contribution in [0.5, 0.6) is 5.75 Å². The molecule has 150 valence electrons. The molecular weight excluding hydrogens is 389 g/mol. The maximum absolute atomic E-state index is 15.0. The quantitative estimate of drug-likeness (QED) is 0.786. The fourth-order valence-electron chi connectivity index (χ4n) is 4.39. The van der Waals surface area contributed by atoms with Gasteiger partial charge in [0.25, 0.3) is 0 Å². The third-order valence-electron chi connectivity index (χ3n) is 5.86. The lowest BCUT2D eigenvalue weighted by Crippen LogP contribution is -2.47. The van der Waals surface area contributed by atoms with E-state index in [9.17, 15) is 14.0 Å². The fourth-order valence-corrected chi connectivity index (χ4v) is 4.39. The molecule has 1 aliphatic carbocycles. The minimum absolute atomic E-state index is 0. The first kappa shape index (κ1) is 19.0. The largest absolute Gasteiger partial charge is 0.511 e. The molecule has 1 saturated carbocycles. The topological polar surface area (TPSA) is 75.0 Å². The molecule has 5 rings (SSSR count). The van der Waals surface area contributed by atoms with E-state index in [2.05, 4.69) is 14.5 Å². The number of ether oxygens (including phenoxy) is 1. The van der Waals surface area contributed by atoms with Crippen LogP contribution in [0.3, 0.4) is 0 Å². The third-order valence-corrected chi connectivity index (χ3v) is 5.86. The first-order valence-corrected chi connectivity index (χ1v) is 9.29. The van der Waals surface area contributed by atoms with Crippen LogP contribution in [0.4, 0.5) is 14.9 Å². The molecule has 0 radical (unpaired) electrons. The molecule has 2 bridgehead atoms. The Morgan fingerprint density at radius 1 is 1.14 bits per heavy atom. The van der Waals surface area contributed by atoms with Crippen LogP contribution in [-0.4, -0.2) is 52.9 Å². The van der Waals surface area contributed by atoms with Crippen molar-refractivity contribution in [1.82, 2.24) is 9.47 Å². The summed E-state index contributed by atoms with van der Waals surface area (Å²) in [5, 5.41) is 9.04. The first-order chi connectivity index (χ1) is 13.0. The third kappa shape index (κ3) is 3.10. The van der Waals surface area contributed by atoms with Crippen LogP contribution < -0.4 is 15.1 Å². The second-order valence-corrected chi connectivity index (χ2v) is 7.59. The number of halogens is 2. The summed E-state index contributed by atoms with van der Waals surface area (Å²) in [6.07, 6.45) is 2.80. The number of hydrogen-bond donors (Lipinski definition) is 1. The Balaban J connectivity index is 0.00000192. The molecule has 3 heterocycles. The van der Waals surface area contributed by atoms with Crippen molar-refractivity contribution >= 4 is 35.2 Å². The van der Waals surface area contributed by atoms with Gasteiger partial charge in [-0.25, -0.2) is 9.18 Å². The Kier molecular flexibility index (Phi) is 4.71. The average Bonchev–Trinajstić information content (AvgIpc) is 3.41. The van der Waals surface area contributed by atoms with Gasteiger partial charge >= 0.3 is 6.16 Å². The zero-order valence-electron chi connectivity index (χ0n) is 15.1. The van der Waals surface area contributed by atoms with Gasteiger partial charge in [0.1, 0.15) is 5.82 Å². The van der Waals surface area contributed by atoms with Gasteiger partial charge in [-0.2, -0.15) is 0 Å². The van der Waals surface area contributed by atoms with Crippen molar-refractivity contribution < 1.29 is 19.0 Å². The van der Waals surface area contributed by atoms with Crippen molar-refractivity contribution in [2.24, 2.45) is 0 Å². The molecule has 0 amide bonds. The van der Waals surface area contributed by atoms with E-state index < -0.39 is 17.4 Å². The highest BCUT2D eigenvalue weighted by molar-refractivity contribution is 5.85. The molecule has 2 aliphatic heterocycles. The van der Waals surface area contributed by atoms with Crippen LogP contribution in [0.1, 0.15) is 25.3 Å². The highest BCUT2D eigenvalue weighted by atomic mass is 35.5. The maximum atomic E-state index is 15.0. The Hall–Kier alpha value is -2.32. The van der Waals surface area contributed by atoms with E-state index in [1.807, 2.05) is 4.57 Å². The number of carboxylic acid groups (broad SMARTS) is 1. The monoisotopic (exact) mass is 409 g/mol. The highest BCUT2D eigenvalue weighted by Gasteiger charge is 2.34. The predicted molar refractivity (Wildman–Crippen MR) is 105 cm³/mol. The molecule has 9 heteroatoms. The van der Waals surface area contributed by atoms with Gasteiger partial charge in [0.15, 0.2) is 5.75 Å². The Morgan fingerprint density at radius 3 is 2.64 bits per heavy atom. The molecule has 0 spiro atoms. The van der Waals surface area contributed by atoms with Crippen molar-refractivity contribution in [2.75, 3.05) is 31.1 Å². The van der Waals surface area contributed by atoms with Gasteiger partial charge in [0, 0.05) is 38.3 Å². The van der Waals surface area contributed by atoms with Crippen molar-refractivity contribution in [3.63, 3.8) is 0 Å². The molecular formula is C19H21ClFN3O4. The van der Waals surface area contributed by atoms with E-state index in [0.29, 0.717) is 17.2 Å². The van der Waals surface area contributed by atoms with E-state index >= 15 is 0 Å². The number of aromatic nitrogens is 1. The lowest BCUT2D eigenvalue weighted by Gasteiger charge is -2.36. The van der Waals surface area contributed by atoms with E-state index in [4.69, 9.17) is 5.11 Å². The molecule has 1 aromatic carbocycles. The summed E-state index contributed by atoms with van der Waals surface area (Å²) >= 11 is 0. The predicted octanol–water partition coefficient (Wildman–Crippen LogP) is 2.85. The zero-order chi connectivity index (χ0) is 18.7. The molecule has 1 N–H and O–H groups in total. The van der Waals surface area contributed by atoms with Crippen LogP contribution in [0.25, 0.3) is 10.9 Å². The Labute approximate surface area is 166 Å². The van der Waals surface area contributed by atoms with Gasteiger partial charge < -0.3 is 19.3 Å². The molecule has 2 saturated heterocycles. The normalized spacial score (nSPS) is 23.5. The summed E-state index contributed by atoms with van der Waals surface area (Å²) in [6.45, 7) is 3.66. The summed E-state index contributed by atoms with van der Waals surface area (Å²) < 4.78 is 21.5. The SMILES string of the molecule is Cl.O=C(O)Oc1cn(C2CC2)c2cc(N3CCN4CCC3C4)c(F)cc2c1=O. The number of fused-ring (bicyclic) bond motifs is 3. The first-order valence-electron chi connectivity index (χ1n) is 9.29. The number of piperazine rings is 1. The number of rotatable bonds is 3. The number of benzene rings is 1. The van der Waals surface area contributed by atoms with Crippen LogP contribution in [-0.2, 0) is 0 Å². The molecule has 2 atom stereocenters. The van der Waals surface area contributed by atoms with Gasteiger partial charge in [0.05, 0.1) is 22.8 Å². The van der Waals surface area contributed by atoms with E-state index in [1.165, 1.54) is 12.3 Å². The summed E-state index contributed by atoms with van der Waals surface area (Å²) in [5.74, 6) is -0.728. The van der Waals surface area contributed by atoms with Gasteiger partial charge in [-0.3, -0.25) is 9.69 Å². The van der Waals surface area contributed by atoms with Crippen molar-refractivity contribution in [2.45, 2.75) is 31.3 Å². The van der Waals surface area contributed by atoms with E-state index in [-0.39, 0.29) is 29.6 Å². The minimum atomic E-state index is -1.55. The average molecular weight is 410 g/mol. The molecule has 3 aliphatic rings. The zero-order valence-corrected chi connectivity index (χ0v) is 16.0. The van der Waals surface area contributed by atoms with Crippen molar-refractivity contribution in [1.29, 1.82) is 0 Å². The maximum Gasteiger partial charge on any atom is 0.511 e. The summed E-state index contributed by atoms with van der Waals surface area (Å²) in [7, 11) is 0.